The predicted molar refractivity (Wildman–Crippen MR) is 104 cm³/mol. The fourth-order valence-corrected chi connectivity index (χ4v) is 3.60. The predicted octanol–water partition coefficient (Wildman–Crippen LogP) is 4.02. The zero-order valence-corrected chi connectivity index (χ0v) is 15.4. The average molecular weight is 381 g/mol. The Labute approximate surface area is 161 Å². The molecule has 1 aromatic carbocycles. The maximum Gasteiger partial charge on any atom is 0.261 e. The Balaban J connectivity index is 1.44. The molecular weight excluding hydrogens is 362 g/mol. The highest BCUT2D eigenvalue weighted by atomic mass is 32.1. The van der Waals surface area contributed by atoms with Gasteiger partial charge in [0.05, 0.1) is 17.4 Å². The molecule has 27 heavy (non-hydrogen) atoms. The van der Waals surface area contributed by atoms with Crippen molar-refractivity contribution < 1.29 is 14.3 Å². The van der Waals surface area contributed by atoms with Crippen molar-refractivity contribution in [3.8, 4) is 17.0 Å². The van der Waals surface area contributed by atoms with Gasteiger partial charge >= 0.3 is 0 Å². The summed E-state index contributed by atoms with van der Waals surface area (Å²) in [5.41, 5.74) is 2.18. The van der Waals surface area contributed by atoms with Crippen molar-refractivity contribution in [2.75, 3.05) is 18.5 Å². The zero-order valence-electron chi connectivity index (χ0n) is 14.6. The van der Waals surface area contributed by atoms with Crippen molar-refractivity contribution in [3.63, 3.8) is 0 Å². The second-order valence-corrected chi connectivity index (χ2v) is 7.03. The average Bonchev–Trinajstić information content (AvgIpc) is 3.39. The third kappa shape index (κ3) is 4.32. The van der Waals surface area contributed by atoms with Gasteiger partial charge < -0.3 is 9.47 Å². The monoisotopic (exact) mass is 381 g/mol. The van der Waals surface area contributed by atoms with Crippen LogP contribution in [0.3, 0.4) is 0 Å². The van der Waals surface area contributed by atoms with Crippen LogP contribution >= 0.6 is 11.3 Å². The lowest BCUT2D eigenvalue weighted by molar-refractivity contribution is 0.0673. The summed E-state index contributed by atoms with van der Waals surface area (Å²) in [6.45, 7) is 1.23. The van der Waals surface area contributed by atoms with Gasteiger partial charge in [-0.25, -0.2) is 4.98 Å². The fourth-order valence-electron chi connectivity index (χ4n) is 2.88. The van der Waals surface area contributed by atoms with Gasteiger partial charge in [-0.05, 0) is 37.1 Å². The number of pyridine rings is 1. The van der Waals surface area contributed by atoms with Gasteiger partial charge in [0.25, 0.3) is 5.91 Å². The first-order chi connectivity index (χ1) is 13.3. The van der Waals surface area contributed by atoms with Gasteiger partial charge in [-0.2, -0.15) is 0 Å². The van der Waals surface area contributed by atoms with Crippen LogP contribution in [0.15, 0.2) is 54.2 Å². The molecule has 1 N–H and O–H groups in total. The summed E-state index contributed by atoms with van der Waals surface area (Å²) < 4.78 is 11.4. The molecule has 0 bridgehead atoms. The molecule has 1 fully saturated rings. The molecule has 2 aromatic heterocycles. The minimum Gasteiger partial charge on any atom is -0.490 e. The Hall–Kier alpha value is -2.77. The van der Waals surface area contributed by atoms with E-state index < -0.39 is 0 Å². The quantitative estimate of drug-likeness (QED) is 0.698. The maximum atomic E-state index is 12.7. The van der Waals surface area contributed by atoms with E-state index in [1.165, 1.54) is 11.3 Å². The fraction of sp³-hybridized carbons (Fsp3) is 0.250. The molecule has 1 aliphatic heterocycles. The summed E-state index contributed by atoms with van der Waals surface area (Å²) in [7, 11) is 0. The number of ether oxygens (including phenoxy) is 2. The second-order valence-electron chi connectivity index (χ2n) is 6.18. The van der Waals surface area contributed by atoms with E-state index in [9.17, 15) is 4.79 Å². The van der Waals surface area contributed by atoms with Crippen molar-refractivity contribution in [3.05, 3.63) is 59.7 Å². The second kappa shape index (κ2) is 8.28. The molecular formula is C20H19N3O3S. The number of benzene rings is 1. The van der Waals surface area contributed by atoms with Gasteiger partial charge in [-0.1, -0.05) is 12.1 Å². The third-order valence-corrected chi connectivity index (χ3v) is 5.02. The highest BCUT2D eigenvalue weighted by Gasteiger charge is 2.19. The first kappa shape index (κ1) is 17.6. The minimum atomic E-state index is -0.245. The van der Waals surface area contributed by atoms with Gasteiger partial charge in [0.1, 0.15) is 12.4 Å². The van der Waals surface area contributed by atoms with Crippen molar-refractivity contribution >= 4 is 22.4 Å². The number of carbonyl (C=O) groups is 1. The van der Waals surface area contributed by atoms with Crippen molar-refractivity contribution in [2.24, 2.45) is 0 Å². The van der Waals surface area contributed by atoms with Crippen LogP contribution in [0, 0.1) is 0 Å². The van der Waals surface area contributed by atoms with Crippen LogP contribution < -0.4 is 10.1 Å². The smallest absolute Gasteiger partial charge is 0.261 e. The molecule has 138 valence electrons. The number of nitrogens with one attached hydrogen (secondary N) is 1. The van der Waals surface area contributed by atoms with Crippen LogP contribution in [-0.4, -0.2) is 35.2 Å². The van der Waals surface area contributed by atoms with Gasteiger partial charge in [0, 0.05) is 29.9 Å². The standard InChI is InChI=1S/C20H19N3O3S/c24-19(23-20-22-17(13-27-20)14-5-3-9-21-11-14)16-7-1-2-8-18(16)26-12-15-6-4-10-25-15/h1-3,5,7-9,11,13,15H,4,6,10,12H2,(H,22,23,24)/t15-/m1/s1. The molecule has 4 rings (SSSR count). The van der Waals surface area contributed by atoms with Crippen LogP contribution in [-0.2, 0) is 4.74 Å². The molecule has 0 aliphatic carbocycles. The first-order valence-electron chi connectivity index (χ1n) is 8.80. The van der Waals surface area contributed by atoms with Crippen LogP contribution in [0.4, 0.5) is 5.13 Å². The highest BCUT2D eigenvalue weighted by molar-refractivity contribution is 7.14. The summed E-state index contributed by atoms with van der Waals surface area (Å²) in [5.74, 6) is 0.305. The van der Waals surface area contributed by atoms with E-state index in [1.807, 2.05) is 29.6 Å². The molecule has 7 heteroatoms. The molecule has 0 saturated carbocycles. The molecule has 0 unspecified atom stereocenters. The number of nitrogens with zero attached hydrogens (tertiary/aromatic N) is 2. The van der Waals surface area contributed by atoms with Gasteiger partial charge in [0.15, 0.2) is 5.13 Å². The number of hydrogen-bond donors (Lipinski definition) is 1. The van der Waals surface area contributed by atoms with Crippen molar-refractivity contribution in [1.82, 2.24) is 9.97 Å². The van der Waals surface area contributed by atoms with Crippen molar-refractivity contribution in [2.45, 2.75) is 18.9 Å². The lowest BCUT2D eigenvalue weighted by Crippen LogP contribution is -2.19. The Kier molecular flexibility index (Phi) is 5.41. The van der Waals surface area contributed by atoms with E-state index in [0.717, 1.165) is 30.7 Å². The van der Waals surface area contributed by atoms with Gasteiger partial charge in [-0.3, -0.25) is 15.1 Å². The molecule has 1 saturated heterocycles. The summed E-state index contributed by atoms with van der Waals surface area (Å²) in [4.78, 5) is 21.3. The van der Waals surface area contributed by atoms with Crippen LogP contribution in [0.5, 0.6) is 5.75 Å². The molecule has 3 aromatic rings. The molecule has 6 nitrogen and oxygen atoms in total. The van der Waals surface area contributed by atoms with Gasteiger partial charge in [-0.15, -0.1) is 11.3 Å². The molecule has 0 spiro atoms. The SMILES string of the molecule is O=C(Nc1nc(-c2cccnc2)cs1)c1ccccc1OC[C@H]1CCCO1. The lowest BCUT2D eigenvalue weighted by Gasteiger charge is -2.14. The number of rotatable bonds is 6. The van der Waals surface area contributed by atoms with E-state index in [-0.39, 0.29) is 12.0 Å². The zero-order chi connectivity index (χ0) is 18.5. The van der Waals surface area contributed by atoms with E-state index in [4.69, 9.17) is 9.47 Å². The number of carbonyl (C=O) groups excluding carboxylic acids is 1. The van der Waals surface area contributed by atoms with E-state index in [0.29, 0.717) is 23.1 Å². The summed E-state index contributed by atoms with van der Waals surface area (Å²) in [5, 5.41) is 5.28. The van der Waals surface area contributed by atoms with Crippen LogP contribution in [0.25, 0.3) is 11.3 Å². The Morgan fingerprint density at radius 1 is 1.30 bits per heavy atom. The normalized spacial score (nSPS) is 16.2. The summed E-state index contributed by atoms with van der Waals surface area (Å²) in [6.07, 6.45) is 5.60. The first-order valence-corrected chi connectivity index (χ1v) is 9.68. The van der Waals surface area contributed by atoms with E-state index >= 15 is 0 Å². The Bertz CT molecular complexity index is 908. The number of aromatic nitrogens is 2. The third-order valence-electron chi connectivity index (χ3n) is 4.26. The number of para-hydroxylation sites is 1. The summed E-state index contributed by atoms with van der Waals surface area (Å²) in [6, 6.07) is 11.0. The molecule has 3 heterocycles. The maximum absolute atomic E-state index is 12.7. The van der Waals surface area contributed by atoms with Crippen LogP contribution in [0.1, 0.15) is 23.2 Å². The molecule has 0 radical (unpaired) electrons. The number of amides is 1. The minimum absolute atomic E-state index is 0.0992. The van der Waals surface area contributed by atoms with E-state index in [2.05, 4.69) is 15.3 Å². The van der Waals surface area contributed by atoms with E-state index in [1.54, 1.807) is 24.5 Å². The molecule has 1 atom stereocenters. The Morgan fingerprint density at radius 2 is 2.22 bits per heavy atom. The van der Waals surface area contributed by atoms with Crippen molar-refractivity contribution in [1.29, 1.82) is 0 Å². The number of thiazole rings is 1. The number of anilines is 1. The number of hydrogen-bond acceptors (Lipinski definition) is 6. The largest absolute Gasteiger partial charge is 0.490 e. The van der Waals surface area contributed by atoms with Gasteiger partial charge in [0.2, 0.25) is 0 Å². The highest BCUT2D eigenvalue weighted by Crippen LogP contribution is 2.26. The van der Waals surface area contributed by atoms with Crippen LogP contribution in [0.2, 0.25) is 0 Å². The lowest BCUT2D eigenvalue weighted by atomic mass is 10.2. The molecule has 1 aliphatic rings. The topological polar surface area (TPSA) is 73.3 Å². The summed E-state index contributed by atoms with van der Waals surface area (Å²) >= 11 is 1.38. The Morgan fingerprint density at radius 3 is 3.04 bits per heavy atom. The molecule has 1 amide bonds.